The number of imidazole rings is 1. The molecule has 17 heteroatoms. The molecule has 0 bridgehead atoms. The Morgan fingerprint density at radius 2 is 1.70 bits per heavy atom. The Labute approximate surface area is 183 Å². The van der Waals surface area contributed by atoms with Gasteiger partial charge < -0.3 is 19.9 Å². The predicted molar refractivity (Wildman–Crippen MR) is 104 cm³/mol. The molecule has 3 rings (SSSR count). The van der Waals surface area contributed by atoms with Crippen molar-refractivity contribution in [1.29, 1.82) is 0 Å². The van der Waals surface area contributed by atoms with E-state index in [1.807, 2.05) is 0 Å². The van der Waals surface area contributed by atoms with E-state index in [0.717, 1.165) is 0 Å². The van der Waals surface area contributed by atoms with Crippen LogP contribution in [0.25, 0.3) is 11.2 Å². The fraction of sp³-hybridized carbons (Fsp3) is 0.688. The van der Waals surface area contributed by atoms with Gasteiger partial charge in [-0.2, -0.15) is 36.3 Å². The van der Waals surface area contributed by atoms with Crippen molar-refractivity contribution in [3.8, 4) is 0 Å². The quantitative estimate of drug-likeness (QED) is 0.383. The van der Waals surface area contributed by atoms with Crippen molar-refractivity contribution in [2.75, 3.05) is 44.3 Å². The van der Waals surface area contributed by atoms with Gasteiger partial charge in [0.15, 0.2) is 30.2 Å². The van der Waals surface area contributed by atoms with Crippen LogP contribution >= 0.6 is 7.60 Å². The molecule has 0 radical (unpaired) electrons. The Balaban J connectivity index is 1.74. The first-order chi connectivity index (χ1) is 15.1. The summed E-state index contributed by atoms with van der Waals surface area (Å²) in [6, 6.07) is 0. The first-order valence-corrected chi connectivity index (χ1v) is 11.1. The number of fused-ring (bicyclic) bond motifs is 1. The van der Waals surface area contributed by atoms with Crippen molar-refractivity contribution in [3.05, 3.63) is 6.33 Å². The molecule has 2 aromatic rings. The maximum Gasteiger partial charge on any atom is 0.412 e. The average Bonchev–Trinajstić information content (AvgIpc) is 3.35. The maximum absolute atomic E-state index is 12.5. The zero-order valence-electron chi connectivity index (χ0n) is 17.5. The predicted octanol–water partition coefficient (Wildman–Crippen LogP) is 3.33. The molecule has 1 saturated carbocycles. The highest BCUT2D eigenvalue weighted by Gasteiger charge is 2.48. The van der Waals surface area contributed by atoms with Gasteiger partial charge in [-0.05, 0) is 12.8 Å². The minimum Gasteiger partial charge on any atom is -0.368 e. The van der Waals surface area contributed by atoms with Crippen LogP contribution in [0.4, 0.5) is 38.1 Å². The third-order valence-electron chi connectivity index (χ3n) is 4.53. The van der Waals surface area contributed by atoms with E-state index in [1.165, 1.54) is 6.33 Å². The van der Waals surface area contributed by atoms with Gasteiger partial charge in [0, 0.05) is 14.1 Å². The van der Waals surface area contributed by atoms with Crippen LogP contribution < -0.4 is 10.6 Å². The molecule has 2 N–H and O–H groups in total. The van der Waals surface area contributed by atoms with Crippen LogP contribution in [0.1, 0.15) is 12.8 Å². The normalized spacial score (nSPS) is 16.4. The van der Waals surface area contributed by atoms with Crippen molar-refractivity contribution < 1.29 is 44.7 Å². The Kier molecular flexibility index (Phi) is 6.86. The number of nitrogens with two attached hydrogens (primary N) is 1. The number of nitrogens with zero attached hydrogens (tertiary/aromatic N) is 5. The fourth-order valence-electron chi connectivity index (χ4n) is 2.84. The molecule has 2 aromatic heterocycles. The maximum atomic E-state index is 12.5. The van der Waals surface area contributed by atoms with Gasteiger partial charge in [0.25, 0.3) is 0 Å². The lowest BCUT2D eigenvalue weighted by Crippen LogP contribution is -2.25. The van der Waals surface area contributed by atoms with Gasteiger partial charge >= 0.3 is 19.9 Å². The van der Waals surface area contributed by atoms with Gasteiger partial charge in [0.1, 0.15) is 6.35 Å². The van der Waals surface area contributed by atoms with Crippen LogP contribution in [0.15, 0.2) is 6.33 Å². The second-order valence-corrected chi connectivity index (χ2v) is 9.69. The van der Waals surface area contributed by atoms with E-state index in [0.29, 0.717) is 29.8 Å². The van der Waals surface area contributed by atoms with Crippen LogP contribution in [0.2, 0.25) is 0 Å². The van der Waals surface area contributed by atoms with E-state index < -0.39 is 45.1 Å². The summed E-state index contributed by atoms with van der Waals surface area (Å²) in [7, 11) is -1.42. The first-order valence-electron chi connectivity index (χ1n) is 9.42. The molecule has 2 heterocycles. The number of anilines is 2. The van der Waals surface area contributed by atoms with Crippen LogP contribution in [0.5, 0.6) is 0 Å². The molecule has 0 unspecified atom stereocenters. The van der Waals surface area contributed by atoms with Crippen molar-refractivity contribution in [2.45, 2.75) is 37.3 Å². The summed E-state index contributed by atoms with van der Waals surface area (Å²) in [6.07, 6.45) is -8.72. The highest BCUT2D eigenvalue weighted by molar-refractivity contribution is 7.53. The number of hydrogen-bond acceptors (Lipinski definition) is 9. The van der Waals surface area contributed by atoms with Crippen LogP contribution in [0.3, 0.4) is 0 Å². The van der Waals surface area contributed by atoms with Crippen molar-refractivity contribution in [3.63, 3.8) is 0 Å². The largest absolute Gasteiger partial charge is 0.412 e. The molecule has 0 aliphatic heterocycles. The highest BCUT2D eigenvalue weighted by Crippen LogP contribution is 2.53. The Hall–Kier alpha value is -2.16. The highest BCUT2D eigenvalue weighted by atomic mass is 31.2. The Morgan fingerprint density at radius 1 is 1.12 bits per heavy atom. The number of alkyl halides is 6. The van der Waals surface area contributed by atoms with Gasteiger partial charge in [-0.3, -0.25) is 13.6 Å². The SMILES string of the molecule is CN(C)c1nc(N)nc2c1ncn2CC1(OCP(=O)(OCC(F)(F)F)OCC(F)(F)F)CC1. The molecule has 1 fully saturated rings. The molecule has 0 saturated heterocycles. The van der Waals surface area contributed by atoms with Gasteiger partial charge in [-0.15, -0.1) is 0 Å². The number of rotatable bonds is 10. The van der Waals surface area contributed by atoms with Crippen LogP contribution in [-0.4, -0.2) is 71.1 Å². The molecule has 186 valence electrons. The molecule has 10 nitrogen and oxygen atoms in total. The van der Waals surface area contributed by atoms with Gasteiger partial charge in [0.2, 0.25) is 5.95 Å². The number of aromatic nitrogens is 4. The van der Waals surface area contributed by atoms with E-state index in [-0.39, 0.29) is 12.5 Å². The molecule has 0 amide bonds. The first kappa shape index (κ1) is 25.5. The van der Waals surface area contributed by atoms with Crippen molar-refractivity contribution in [1.82, 2.24) is 19.5 Å². The molecule has 0 spiro atoms. The van der Waals surface area contributed by atoms with Crippen LogP contribution in [0, 0.1) is 0 Å². The summed E-state index contributed by atoms with van der Waals surface area (Å²) in [5.74, 6) is 0.428. The Morgan fingerprint density at radius 3 is 2.18 bits per heavy atom. The van der Waals surface area contributed by atoms with E-state index >= 15 is 0 Å². The van der Waals surface area contributed by atoms with Gasteiger partial charge in [-0.1, -0.05) is 0 Å². The van der Waals surface area contributed by atoms with E-state index in [4.69, 9.17) is 10.5 Å². The monoisotopic (exact) mass is 506 g/mol. The zero-order chi connectivity index (χ0) is 24.7. The molecule has 1 aliphatic carbocycles. The molecule has 0 aromatic carbocycles. The number of ether oxygens (including phenoxy) is 1. The number of hydrogen-bond donors (Lipinski definition) is 1. The summed E-state index contributed by atoms with van der Waals surface area (Å²) in [4.78, 5) is 14.2. The van der Waals surface area contributed by atoms with E-state index in [9.17, 15) is 30.9 Å². The second-order valence-electron chi connectivity index (χ2n) is 7.69. The lowest BCUT2D eigenvalue weighted by Gasteiger charge is -2.23. The second kappa shape index (κ2) is 8.89. The average molecular weight is 506 g/mol. The minimum absolute atomic E-state index is 0.0238. The molecule has 0 atom stereocenters. The third kappa shape index (κ3) is 6.91. The van der Waals surface area contributed by atoms with E-state index in [1.54, 1.807) is 23.6 Å². The number of halogens is 6. The summed E-state index contributed by atoms with van der Waals surface area (Å²) in [5.41, 5.74) is 5.51. The van der Waals surface area contributed by atoms with Gasteiger partial charge in [0.05, 0.1) is 18.5 Å². The zero-order valence-corrected chi connectivity index (χ0v) is 18.4. The smallest absolute Gasteiger partial charge is 0.368 e. The van der Waals surface area contributed by atoms with E-state index in [2.05, 4.69) is 24.0 Å². The van der Waals surface area contributed by atoms with Crippen molar-refractivity contribution >= 4 is 30.5 Å². The number of nitrogen functional groups attached to an aromatic ring is 1. The topological polar surface area (TPSA) is 118 Å². The fourth-order valence-corrected chi connectivity index (χ4v) is 4.18. The minimum atomic E-state index is -4.92. The lowest BCUT2D eigenvalue weighted by atomic mass is 10.3. The lowest BCUT2D eigenvalue weighted by molar-refractivity contribution is -0.166. The van der Waals surface area contributed by atoms with Crippen LogP contribution in [-0.2, 0) is 24.9 Å². The Bertz CT molecular complexity index is 1020. The molecular weight excluding hydrogens is 485 g/mol. The summed E-state index contributed by atoms with van der Waals surface area (Å²) < 4.78 is 103. The van der Waals surface area contributed by atoms with Crippen molar-refractivity contribution in [2.24, 2.45) is 0 Å². The van der Waals surface area contributed by atoms with Gasteiger partial charge in [-0.25, -0.2) is 4.98 Å². The summed E-state index contributed by atoms with van der Waals surface area (Å²) in [6.45, 7) is -4.02. The molecular formula is C16H21F6N6O4P. The summed E-state index contributed by atoms with van der Waals surface area (Å²) in [5, 5.41) is 0. The summed E-state index contributed by atoms with van der Waals surface area (Å²) >= 11 is 0. The molecule has 1 aliphatic rings. The third-order valence-corrected chi connectivity index (χ3v) is 6.02. The molecule has 33 heavy (non-hydrogen) atoms. The standard InChI is InChI=1S/C16H21F6N6O4P/c1-27(2)11-10-12(26-13(23)25-11)28(8-24-10)5-14(3-4-14)30-9-33(29,31-6-15(17,18)19)32-7-16(20,21)22/h8H,3-7,9H2,1-2H3,(H2,23,25,26).